The molecule has 2 nitrogen and oxygen atoms in total. The van der Waals surface area contributed by atoms with Crippen LogP contribution in [0.4, 0.5) is 50.7 Å². The van der Waals surface area contributed by atoms with Gasteiger partial charge < -0.3 is 0 Å². The Morgan fingerprint density at radius 3 is 0.848 bits per heavy atom. The number of Topliss-reactive ketones (excluding diaryl/α,β-unsaturated/α-hetero) is 2. The van der Waals surface area contributed by atoms with Crippen LogP contribution in [0.1, 0.15) is 27.7 Å². The van der Waals surface area contributed by atoms with Gasteiger partial charge in [0.2, 0.25) is 0 Å². The number of carbonyl (C=O) groups is 2. The Kier molecular flexibility index (Phi) is 52.2. The van der Waals surface area contributed by atoms with E-state index in [-0.39, 0.29) is 11.6 Å². The molecule has 0 aliphatic carbocycles. The number of carbonyl (C=O) groups excluding carboxylic acids is 2. The van der Waals surface area contributed by atoms with E-state index in [2.05, 4.69) is 22.4 Å². The van der Waals surface area contributed by atoms with Crippen LogP contribution in [0.3, 0.4) is 0 Å². The molecule has 0 bridgehead atoms. The Balaban J connectivity index is -0.0000000493. The molecule has 0 fully saturated rings. The van der Waals surface area contributed by atoms with Gasteiger partial charge in [-0.2, -0.15) is 0 Å². The van der Waals surface area contributed by atoms with Crippen molar-refractivity contribution in [1.82, 2.24) is 0 Å². The van der Waals surface area contributed by atoms with Crippen LogP contribution in [0.2, 0.25) is 0 Å². The van der Waals surface area contributed by atoms with Gasteiger partial charge in [0.05, 0.1) is 14.4 Å². The molecule has 0 heterocycles. The average molecular weight is 651 g/mol. The SMILES string of the molecule is CC(=O)C(C)=O.CC(F)(F)CF.CC(F)(F)CF.CF.CF.FS(F)(F)F.S=S=S=S=S=S. The Bertz CT molecular complexity index is 545. The molecule has 0 rings (SSSR count). The van der Waals surface area contributed by atoms with E-state index >= 15 is 0 Å². The molecule has 0 aromatic carbocycles. The molecule has 0 unspecified atom stereocenters. The van der Waals surface area contributed by atoms with E-state index in [1.807, 2.05) is 0 Å². The Hall–Kier alpha value is 0.170. The van der Waals surface area contributed by atoms with Gasteiger partial charge in [0.25, 0.3) is 11.8 Å². The third kappa shape index (κ3) is 169. The lowest BCUT2D eigenvalue weighted by Crippen LogP contribution is -2.10. The summed E-state index contributed by atoms with van der Waals surface area (Å²) in [7, 11) is 6.63. The van der Waals surface area contributed by atoms with Gasteiger partial charge in [0.1, 0.15) is 0 Å². The van der Waals surface area contributed by atoms with Crippen LogP contribution in [0.5, 0.6) is 0 Å². The van der Waals surface area contributed by atoms with Gasteiger partial charge in [-0.3, -0.25) is 18.4 Å². The van der Waals surface area contributed by atoms with Crippen LogP contribution in [0, 0.1) is 0 Å². The predicted molar refractivity (Wildman–Crippen MR) is 125 cm³/mol. The first-order valence-electron chi connectivity index (χ1n) is 6.86. The molecule has 0 N–H and O–H groups in total. The second-order valence-corrected chi connectivity index (χ2v) is 11.9. The highest BCUT2D eigenvalue weighted by Crippen LogP contribution is 2.54. The van der Waals surface area contributed by atoms with E-state index in [0.717, 1.165) is 0 Å². The summed E-state index contributed by atoms with van der Waals surface area (Å²) in [5.41, 5.74) is 0. The predicted octanol–water partition coefficient (Wildman–Crippen LogP) is 6.87. The largest absolute Gasteiger partial charge is 0.379 e. The topological polar surface area (TPSA) is 34.1 Å². The fourth-order valence-corrected chi connectivity index (χ4v) is 5.51. The lowest BCUT2D eigenvalue weighted by Gasteiger charge is -1.99. The van der Waals surface area contributed by atoms with Crippen LogP contribution >= 0.6 is 11.6 Å². The number of alkyl halides is 8. The fraction of sp³-hybridized carbons (Fsp3) is 0.833. The molecule has 0 aliphatic heterocycles. The van der Waals surface area contributed by atoms with Crippen LogP contribution < -0.4 is 0 Å². The molecule has 0 saturated carbocycles. The molecule has 0 spiro atoms. The normalized spacial score (nSPS) is 9.52. The molecule has 0 aromatic rings. The third-order valence-corrected chi connectivity index (χ3v) is 7.72. The van der Waals surface area contributed by atoms with Crippen LogP contribution in [-0.2, 0) is 67.5 Å². The summed E-state index contributed by atoms with van der Waals surface area (Å²) in [6, 6.07) is 0. The van der Waals surface area contributed by atoms with E-state index in [9.17, 15) is 60.3 Å². The van der Waals surface area contributed by atoms with Crippen LogP contribution in [0.15, 0.2) is 0 Å². The van der Waals surface area contributed by atoms with Crippen molar-refractivity contribution in [1.29, 1.82) is 0 Å². The van der Waals surface area contributed by atoms with Gasteiger partial charge in [-0.15, -0.1) is 0 Å². The summed E-state index contributed by atoms with van der Waals surface area (Å²) < 4.78 is 124. The van der Waals surface area contributed by atoms with Gasteiger partial charge in [0, 0.05) is 85.6 Å². The van der Waals surface area contributed by atoms with Crippen molar-refractivity contribution in [2.45, 2.75) is 39.5 Å². The van der Waals surface area contributed by atoms with E-state index in [1.165, 1.54) is 49.4 Å². The standard InChI is InChI=1S/C4H6O2.2C3H5F3.2CH3F.F4S.S6/c1-3(5)4(2)6;2*1-3(5,6)2-4;2*1-2;1-5(2,3)4;1-3-5-6-4-2/h1-2H3;2*2H2,1H3;2*1H3;;. The van der Waals surface area contributed by atoms with Gasteiger partial charge in [0.15, 0.2) is 24.9 Å². The van der Waals surface area contributed by atoms with Crippen LogP contribution in [0.25, 0.3) is 0 Å². The first-order chi connectivity index (χ1) is 14.7. The zero-order valence-electron chi connectivity index (χ0n) is 17.6. The van der Waals surface area contributed by atoms with Crippen molar-refractivity contribution in [3.05, 3.63) is 0 Å². The Morgan fingerprint density at radius 1 is 0.697 bits per heavy atom. The molecule has 0 amide bonds. The maximum atomic E-state index is 11.1. The minimum absolute atomic E-state index is 0.380. The van der Waals surface area contributed by atoms with Gasteiger partial charge in [-0.05, 0) is 0 Å². The summed E-state index contributed by atoms with van der Waals surface area (Å²) in [5.74, 6) is -7.01. The minimum Gasteiger partial charge on any atom is -0.291 e. The minimum atomic E-state index is -6.17. The fourth-order valence-electron chi connectivity index (χ4n) is 0.0227. The highest BCUT2D eigenvalue weighted by Gasteiger charge is 2.19. The maximum Gasteiger partial charge on any atom is 0.379 e. The van der Waals surface area contributed by atoms with Crippen molar-refractivity contribution in [2.24, 2.45) is 0 Å². The van der Waals surface area contributed by atoms with Crippen molar-refractivity contribution in [2.75, 3.05) is 27.7 Å². The third-order valence-electron chi connectivity index (χ3n) is 1.05. The molecular formula is C12H22F12O2S7. The molecule has 0 saturated heterocycles. The molecule has 21 heteroatoms. The molecule has 0 aliphatic rings. The number of rotatable bonds is 3. The molecule has 208 valence electrons. The number of hydrogen-bond acceptors (Lipinski definition) is 4. The lowest BCUT2D eigenvalue weighted by molar-refractivity contribution is -0.134. The van der Waals surface area contributed by atoms with Gasteiger partial charge in [-0.1, -0.05) is 15.5 Å². The van der Waals surface area contributed by atoms with E-state index in [1.54, 1.807) is 0 Å². The molecule has 0 atom stereocenters. The number of halogens is 12. The number of hydrogen-bond donors (Lipinski definition) is 0. The first-order valence-corrected chi connectivity index (χ1v) is 14.8. The van der Waals surface area contributed by atoms with Crippen LogP contribution in [-0.4, -0.2) is 51.1 Å². The second-order valence-electron chi connectivity index (χ2n) is 4.14. The summed E-state index contributed by atoms with van der Waals surface area (Å²) in [4.78, 5) is 19.6. The van der Waals surface area contributed by atoms with E-state index < -0.39 is 36.8 Å². The Morgan fingerprint density at radius 2 is 0.818 bits per heavy atom. The van der Waals surface area contributed by atoms with Gasteiger partial charge >= 0.3 is 11.6 Å². The monoisotopic (exact) mass is 650 g/mol. The summed E-state index contributed by atoms with van der Waals surface area (Å²) in [5, 5.41) is 0. The summed E-state index contributed by atoms with van der Waals surface area (Å²) >= 11 is 2.87. The summed E-state index contributed by atoms with van der Waals surface area (Å²) in [6.07, 6.45) is 0. The van der Waals surface area contributed by atoms with Gasteiger partial charge in [-0.25, -0.2) is 26.3 Å². The lowest BCUT2D eigenvalue weighted by atomic mass is 10.3. The summed E-state index contributed by atoms with van der Waals surface area (Å²) in [6.45, 7) is 0.449. The zero-order valence-corrected chi connectivity index (χ0v) is 23.3. The zero-order chi connectivity index (χ0) is 28.9. The van der Waals surface area contributed by atoms with E-state index in [4.69, 9.17) is 0 Å². The second kappa shape index (κ2) is 34.3. The average Bonchev–Trinajstić information content (AvgIpc) is 2.68. The van der Waals surface area contributed by atoms with Crippen molar-refractivity contribution in [3.8, 4) is 0 Å². The van der Waals surface area contributed by atoms with Crippen molar-refractivity contribution in [3.63, 3.8) is 0 Å². The molecule has 0 aromatic heterocycles. The number of ketones is 2. The quantitative estimate of drug-likeness (QED) is 0.247. The smallest absolute Gasteiger partial charge is 0.291 e. The molecule has 33 heavy (non-hydrogen) atoms. The highest BCUT2D eigenvalue weighted by molar-refractivity contribution is 8.64. The van der Waals surface area contributed by atoms with Crippen molar-refractivity contribution < 1.29 is 60.3 Å². The van der Waals surface area contributed by atoms with E-state index in [0.29, 0.717) is 28.2 Å². The highest BCUT2D eigenvalue weighted by atomic mass is 33.3. The molecule has 0 radical (unpaired) electrons. The first kappa shape index (κ1) is 50.1. The van der Waals surface area contributed by atoms with Crippen molar-refractivity contribution >= 4 is 81.0 Å². The molecular weight excluding hydrogens is 629 g/mol. The Labute approximate surface area is 207 Å². The maximum absolute atomic E-state index is 11.1.